The van der Waals surface area contributed by atoms with Crippen molar-refractivity contribution in [2.75, 3.05) is 12.9 Å². The molecular formula is C23H28N4O4S2. The van der Waals surface area contributed by atoms with E-state index < -0.39 is 16.6 Å². The smallest absolute Gasteiger partial charge is 0.218 e. The minimum Gasteiger partial charge on any atom is -0.396 e. The van der Waals surface area contributed by atoms with Crippen molar-refractivity contribution in [1.82, 2.24) is 19.9 Å². The molecule has 2 aliphatic rings. The molecule has 4 heterocycles. The van der Waals surface area contributed by atoms with Gasteiger partial charge in [-0.05, 0) is 52.5 Å². The molecule has 2 fully saturated rings. The second kappa shape index (κ2) is 8.42. The van der Waals surface area contributed by atoms with Crippen LogP contribution < -0.4 is 0 Å². The molecule has 3 aromatic heterocycles. The molecule has 0 amide bonds. The van der Waals surface area contributed by atoms with Gasteiger partial charge < -0.3 is 14.6 Å². The Morgan fingerprint density at radius 2 is 1.88 bits per heavy atom. The first kappa shape index (κ1) is 22.9. The van der Waals surface area contributed by atoms with Crippen LogP contribution in [0.4, 0.5) is 0 Å². The Kier molecular flexibility index (Phi) is 5.85. The van der Waals surface area contributed by atoms with Crippen molar-refractivity contribution in [3.63, 3.8) is 0 Å². The van der Waals surface area contributed by atoms with Crippen molar-refractivity contribution < 1.29 is 18.8 Å². The molecule has 176 valence electrons. The van der Waals surface area contributed by atoms with E-state index >= 15 is 0 Å². The lowest BCUT2D eigenvalue weighted by Crippen LogP contribution is -2.27. The largest absolute Gasteiger partial charge is 0.396 e. The third-order valence-corrected chi connectivity index (χ3v) is 8.23. The summed E-state index contributed by atoms with van der Waals surface area (Å²) in [6.45, 7) is 7.74. The van der Waals surface area contributed by atoms with Gasteiger partial charge in [-0.2, -0.15) is 0 Å². The number of hydrogen-bond donors (Lipinski definition) is 1. The summed E-state index contributed by atoms with van der Waals surface area (Å²) in [5.41, 5.74) is 4.21. The van der Waals surface area contributed by atoms with Crippen LogP contribution in [-0.2, 0) is 26.7 Å². The van der Waals surface area contributed by atoms with E-state index in [4.69, 9.17) is 19.4 Å². The molecule has 0 radical (unpaired) electrons. The normalized spacial score (nSPS) is 27.2. The number of fused-ring (bicyclic) bond motifs is 2. The summed E-state index contributed by atoms with van der Waals surface area (Å²) in [4.78, 5) is 18.5. The molecule has 33 heavy (non-hydrogen) atoms. The maximum absolute atomic E-state index is 12.3. The predicted octanol–water partition coefficient (Wildman–Crippen LogP) is 3.19. The summed E-state index contributed by atoms with van der Waals surface area (Å²) in [7, 11) is -1.31. The second-order valence-corrected chi connectivity index (χ2v) is 11.6. The number of aryl methyl sites for hydroxylation is 2. The van der Waals surface area contributed by atoms with Crippen LogP contribution in [0.5, 0.6) is 0 Å². The van der Waals surface area contributed by atoms with Crippen molar-refractivity contribution in [3.8, 4) is 10.6 Å². The highest BCUT2D eigenvalue weighted by Crippen LogP contribution is 2.46. The Morgan fingerprint density at radius 1 is 1.15 bits per heavy atom. The minimum absolute atomic E-state index is 0.0177. The van der Waals surface area contributed by atoms with E-state index in [1.54, 1.807) is 23.8 Å². The summed E-state index contributed by atoms with van der Waals surface area (Å²) < 4.78 is 25.7. The Bertz CT molecular complexity index is 1240. The van der Waals surface area contributed by atoms with E-state index in [0.29, 0.717) is 11.6 Å². The van der Waals surface area contributed by atoms with Gasteiger partial charge in [0.05, 0.1) is 50.4 Å². The van der Waals surface area contributed by atoms with E-state index in [9.17, 15) is 9.32 Å². The van der Waals surface area contributed by atoms with Crippen LogP contribution in [0.15, 0.2) is 17.4 Å². The zero-order valence-electron chi connectivity index (χ0n) is 19.4. The van der Waals surface area contributed by atoms with E-state index in [2.05, 4.69) is 9.97 Å². The fraction of sp³-hybridized carbons (Fsp3) is 0.565. The number of pyridine rings is 1. The van der Waals surface area contributed by atoms with Gasteiger partial charge in [-0.25, -0.2) is 15.0 Å². The average Bonchev–Trinajstić information content (AvgIpc) is 3.39. The first-order valence-electron chi connectivity index (χ1n) is 11.1. The van der Waals surface area contributed by atoms with E-state index in [-0.39, 0.29) is 30.7 Å². The molecule has 5 atom stereocenters. The molecular weight excluding hydrogens is 460 g/mol. The quantitative estimate of drug-likeness (QED) is 0.546. The fourth-order valence-corrected chi connectivity index (χ4v) is 6.71. The molecule has 0 spiro atoms. The zero-order valence-corrected chi connectivity index (χ0v) is 21.0. The summed E-state index contributed by atoms with van der Waals surface area (Å²) in [6.07, 6.45) is 4.50. The standard InChI is InChI=1S/C23H28N4O4S2/c1-11-17(21-27-18-12(2)24-7-6-16(18)32-21)15(26-22(25-11)33(5)29)9-13-8-14(10-28)20-19(13)30-23(3,4)31-20/h6-7,13-14,19-20,28H,8-10H2,1-5H3. The number of rotatable bonds is 5. The van der Waals surface area contributed by atoms with Crippen LogP contribution in [0.2, 0.25) is 0 Å². The number of thiazole rings is 1. The number of ether oxygens (including phenoxy) is 2. The summed E-state index contributed by atoms with van der Waals surface area (Å²) in [5.74, 6) is -0.554. The van der Waals surface area contributed by atoms with Gasteiger partial charge in [-0.15, -0.1) is 11.3 Å². The van der Waals surface area contributed by atoms with Gasteiger partial charge in [0.1, 0.15) is 10.5 Å². The van der Waals surface area contributed by atoms with Crippen molar-refractivity contribution in [1.29, 1.82) is 0 Å². The van der Waals surface area contributed by atoms with E-state index in [0.717, 1.165) is 44.3 Å². The van der Waals surface area contributed by atoms with Crippen molar-refractivity contribution in [3.05, 3.63) is 29.3 Å². The topological polar surface area (TPSA) is 107 Å². The third kappa shape index (κ3) is 4.12. The number of nitrogens with zero attached hydrogens (tertiary/aromatic N) is 4. The molecule has 0 bridgehead atoms. The lowest BCUT2D eigenvalue weighted by molar-refractivity contribution is -0.162. The van der Waals surface area contributed by atoms with Crippen LogP contribution in [-0.4, -0.2) is 60.1 Å². The van der Waals surface area contributed by atoms with Gasteiger partial charge in [-0.3, -0.25) is 9.19 Å². The van der Waals surface area contributed by atoms with Crippen LogP contribution >= 0.6 is 11.3 Å². The Morgan fingerprint density at radius 3 is 2.55 bits per heavy atom. The maximum atomic E-state index is 12.3. The maximum Gasteiger partial charge on any atom is 0.218 e. The van der Waals surface area contributed by atoms with Gasteiger partial charge in [0, 0.05) is 25.0 Å². The van der Waals surface area contributed by atoms with Crippen LogP contribution in [0.3, 0.4) is 0 Å². The number of aliphatic hydroxyl groups excluding tert-OH is 1. The van der Waals surface area contributed by atoms with Crippen LogP contribution in [0.1, 0.15) is 37.4 Å². The van der Waals surface area contributed by atoms with Gasteiger partial charge in [-0.1, -0.05) is 0 Å². The Hall–Kier alpha value is -1.85. The average molecular weight is 489 g/mol. The molecule has 5 rings (SSSR count). The fourth-order valence-electron chi connectivity index (χ4n) is 5.08. The molecule has 5 unspecified atom stereocenters. The molecule has 1 aliphatic carbocycles. The Labute approximate surface area is 199 Å². The highest BCUT2D eigenvalue weighted by molar-refractivity contribution is 7.84. The second-order valence-electron chi connectivity index (χ2n) is 9.34. The number of aliphatic hydroxyl groups is 1. The highest BCUT2D eigenvalue weighted by atomic mass is 32.2. The van der Waals surface area contributed by atoms with Gasteiger partial charge in [0.2, 0.25) is 5.16 Å². The van der Waals surface area contributed by atoms with Crippen molar-refractivity contribution >= 4 is 32.4 Å². The van der Waals surface area contributed by atoms with E-state index in [1.807, 2.05) is 33.8 Å². The lowest BCUT2D eigenvalue weighted by atomic mass is 9.95. The number of hydrogen-bond acceptors (Lipinski definition) is 9. The highest BCUT2D eigenvalue weighted by Gasteiger charge is 2.53. The molecule has 3 aromatic rings. The first-order chi connectivity index (χ1) is 15.7. The zero-order chi connectivity index (χ0) is 23.5. The molecule has 1 saturated carbocycles. The monoisotopic (exact) mass is 488 g/mol. The van der Waals surface area contributed by atoms with Gasteiger partial charge in [0.15, 0.2) is 5.79 Å². The third-order valence-electron chi connectivity index (χ3n) is 6.49. The van der Waals surface area contributed by atoms with Gasteiger partial charge in [0.25, 0.3) is 0 Å². The van der Waals surface area contributed by atoms with Gasteiger partial charge >= 0.3 is 0 Å². The van der Waals surface area contributed by atoms with Crippen LogP contribution in [0.25, 0.3) is 20.8 Å². The SMILES string of the molecule is Cc1nc(S(C)=O)nc(CC2CC(CO)C3OC(C)(C)OC23)c1-c1nc2c(C)nccc2s1. The first-order valence-corrected chi connectivity index (χ1v) is 13.4. The van der Waals surface area contributed by atoms with Crippen molar-refractivity contribution in [2.45, 2.75) is 63.7 Å². The number of aromatic nitrogens is 4. The molecule has 1 aliphatic heterocycles. The molecule has 0 aromatic carbocycles. The van der Waals surface area contributed by atoms with Crippen molar-refractivity contribution in [2.24, 2.45) is 11.8 Å². The lowest BCUT2D eigenvalue weighted by Gasteiger charge is -2.23. The molecule has 1 saturated heterocycles. The minimum atomic E-state index is -1.31. The summed E-state index contributed by atoms with van der Waals surface area (Å²) >= 11 is 1.59. The predicted molar refractivity (Wildman–Crippen MR) is 126 cm³/mol. The Balaban J connectivity index is 1.59. The van der Waals surface area contributed by atoms with E-state index in [1.165, 1.54) is 0 Å². The molecule has 1 N–H and O–H groups in total. The molecule has 10 heteroatoms. The summed E-state index contributed by atoms with van der Waals surface area (Å²) in [5, 5.41) is 11.1. The molecule has 8 nitrogen and oxygen atoms in total. The summed E-state index contributed by atoms with van der Waals surface area (Å²) in [6, 6.07) is 1.97. The van der Waals surface area contributed by atoms with Crippen LogP contribution in [0, 0.1) is 25.7 Å².